The zero-order chi connectivity index (χ0) is 17.2. The Balaban J connectivity index is 1.59. The number of hydrogen-bond donors (Lipinski definition) is 1. The molecule has 1 aliphatic heterocycles. The molecule has 0 saturated carbocycles. The Morgan fingerprint density at radius 2 is 2.32 bits per heavy atom. The van der Waals surface area contributed by atoms with Crippen LogP contribution in [0.25, 0.3) is 10.9 Å². The number of hydrogen-bond acceptors (Lipinski definition) is 6. The van der Waals surface area contributed by atoms with Gasteiger partial charge >= 0.3 is 0 Å². The summed E-state index contributed by atoms with van der Waals surface area (Å²) in [6, 6.07) is 6.55. The van der Waals surface area contributed by atoms with Crippen LogP contribution in [0.3, 0.4) is 0 Å². The van der Waals surface area contributed by atoms with Crippen molar-refractivity contribution in [3.05, 3.63) is 53.0 Å². The molecule has 1 saturated heterocycles. The molecule has 0 spiro atoms. The summed E-state index contributed by atoms with van der Waals surface area (Å²) in [4.78, 5) is 15.1. The Labute approximate surface area is 143 Å². The lowest BCUT2D eigenvalue weighted by molar-refractivity contribution is -0.383. The number of benzene rings is 1. The van der Waals surface area contributed by atoms with Gasteiger partial charge in [0.05, 0.1) is 40.5 Å². The molecule has 128 valence electrons. The fourth-order valence-corrected chi connectivity index (χ4v) is 3.10. The fraction of sp³-hybridized carbons (Fsp3) is 0.294. The van der Waals surface area contributed by atoms with E-state index in [1.54, 1.807) is 30.6 Å². The van der Waals surface area contributed by atoms with Gasteiger partial charge in [0.25, 0.3) is 5.69 Å². The van der Waals surface area contributed by atoms with Gasteiger partial charge in [-0.3, -0.25) is 19.8 Å². The van der Waals surface area contributed by atoms with E-state index in [9.17, 15) is 10.1 Å². The maximum Gasteiger partial charge on any atom is 0.278 e. The zero-order valence-electron chi connectivity index (χ0n) is 13.5. The van der Waals surface area contributed by atoms with Crippen molar-refractivity contribution in [1.29, 1.82) is 0 Å². The molecule has 1 aliphatic rings. The Morgan fingerprint density at radius 1 is 1.40 bits per heavy atom. The molecule has 1 fully saturated rings. The van der Waals surface area contributed by atoms with Crippen molar-refractivity contribution in [3.63, 3.8) is 0 Å². The van der Waals surface area contributed by atoms with E-state index in [0.717, 1.165) is 31.7 Å². The lowest BCUT2D eigenvalue weighted by Crippen LogP contribution is -2.15. The van der Waals surface area contributed by atoms with Gasteiger partial charge in [-0.25, -0.2) is 0 Å². The van der Waals surface area contributed by atoms with Gasteiger partial charge in [-0.1, -0.05) is 0 Å². The maximum atomic E-state index is 11.2. The van der Waals surface area contributed by atoms with Crippen molar-refractivity contribution in [2.75, 3.05) is 11.9 Å². The van der Waals surface area contributed by atoms with Gasteiger partial charge in [0.15, 0.2) is 0 Å². The molecule has 0 amide bonds. The van der Waals surface area contributed by atoms with Gasteiger partial charge in [-0.15, -0.1) is 0 Å². The summed E-state index contributed by atoms with van der Waals surface area (Å²) in [6.45, 7) is 1.54. The summed E-state index contributed by atoms with van der Waals surface area (Å²) in [5, 5.41) is 19.3. The average Bonchev–Trinajstić information content (AvgIpc) is 3.27. The lowest BCUT2D eigenvalue weighted by atomic mass is 10.1. The van der Waals surface area contributed by atoms with Crippen LogP contribution in [0.2, 0.25) is 0 Å². The van der Waals surface area contributed by atoms with E-state index in [2.05, 4.69) is 15.4 Å². The zero-order valence-corrected chi connectivity index (χ0v) is 13.5. The van der Waals surface area contributed by atoms with Gasteiger partial charge in [-0.05, 0) is 31.0 Å². The first-order chi connectivity index (χ1) is 12.2. The Kier molecular flexibility index (Phi) is 4.02. The van der Waals surface area contributed by atoms with Crippen molar-refractivity contribution < 1.29 is 9.66 Å². The van der Waals surface area contributed by atoms with Gasteiger partial charge in [0, 0.05) is 25.1 Å². The maximum absolute atomic E-state index is 11.2. The highest BCUT2D eigenvalue weighted by Crippen LogP contribution is 2.31. The van der Waals surface area contributed by atoms with Crippen LogP contribution in [0.15, 0.2) is 42.9 Å². The number of non-ortho nitro benzene ring substituents is 1. The minimum Gasteiger partial charge on any atom is -0.376 e. The summed E-state index contributed by atoms with van der Waals surface area (Å²) >= 11 is 0. The highest BCUT2D eigenvalue weighted by atomic mass is 16.6. The smallest absolute Gasteiger partial charge is 0.278 e. The van der Waals surface area contributed by atoms with Crippen LogP contribution in [-0.2, 0) is 11.3 Å². The van der Waals surface area contributed by atoms with Gasteiger partial charge in [-0.2, -0.15) is 5.10 Å². The highest BCUT2D eigenvalue weighted by Gasteiger charge is 2.17. The number of nitro benzene ring substituents is 1. The van der Waals surface area contributed by atoms with Crippen LogP contribution in [-0.4, -0.2) is 32.4 Å². The molecule has 0 aliphatic carbocycles. The van der Waals surface area contributed by atoms with E-state index in [4.69, 9.17) is 4.74 Å². The van der Waals surface area contributed by atoms with E-state index < -0.39 is 4.92 Å². The first kappa shape index (κ1) is 15.5. The minimum atomic E-state index is -0.395. The van der Waals surface area contributed by atoms with Gasteiger partial charge < -0.3 is 10.1 Å². The number of pyridine rings is 1. The lowest BCUT2D eigenvalue weighted by Gasteiger charge is -2.09. The predicted molar refractivity (Wildman–Crippen MR) is 92.9 cm³/mol. The van der Waals surface area contributed by atoms with Crippen LogP contribution in [0, 0.1) is 10.1 Å². The quantitative estimate of drug-likeness (QED) is 0.566. The third-order valence-electron chi connectivity index (χ3n) is 4.27. The Morgan fingerprint density at radius 3 is 3.12 bits per heavy atom. The first-order valence-electron chi connectivity index (χ1n) is 8.14. The van der Waals surface area contributed by atoms with E-state index in [-0.39, 0.29) is 11.8 Å². The standard InChI is InChI=1S/C17H17N5O3/c23-22(24)16-6-5-15(17-14(16)4-1-7-18-17)20-12-9-19-21(10-12)11-13-3-2-8-25-13/h1,4-7,9-10,13,20H,2-3,8,11H2/t13-/m0/s1. The topological polar surface area (TPSA) is 95.1 Å². The summed E-state index contributed by atoms with van der Waals surface area (Å²) in [7, 11) is 0. The number of rotatable bonds is 5. The number of nitro groups is 1. The largest absolute Gasteiger partial charge is 0.376 e. The van der Waals surface area contributed by atoms with Crippen LogP contribution < -0.4 is 5.32 Å². The van der Waals surface area contributed by atoms with Gasteiger partial charge in [0.2, 0.25) is 0 Å². The molecule has 2 aromatic heterocycles. The molecule has 0 unspecified atom stereocenters. The molecule has 8 nitrogen and oxygen atoms in total. The summed E-state index contributed by atoms with van der Waals surface area (Å²) in [5.74, 6) is 0. The second-order valence-electron chi connectivity index (χ2n) is 6.00. The molecular formula is C17H17N5O3. The summed E-state index contributed by atoms with van der Waals surface area (Å²) in [5.41, 5.74) is 2.11. The molecular weight excluding hydrogens is 322 g/mol. The van der Waals surface area contributed by atoms with Crippen molar-refractivity contribution in [2.45, 2.75) is 25.5 Å². The normalized spacial score (nSPS) is 17.0. The number of anilines is 2. The molecule has 4 rings (SSSR count). The Hall–Kier alpha value is -3.00. The molecule has 1 aromatic carbocycles. The highest BCUT2D eigenvalue weighted by molar-refractivity contribution is 5.97. The van der Waals surface area contributed by atoms with E-state index in [1.165, 1.54) is 6.07 Å². The fourth-order valence-electron chi connectivity index (χ4n) is 3.10. The average molecular weight is 339 g/mol. The van der Waals surface area contributed by atoms with Crippen molar-refractivity contribution in [3.8, 4) is 0 Å². The molecule has 25 heavy (non-hydrogen) atoms. The molecule has 0 radical (unpaired) electrons. The number of aromatic nitrogens is 3. The molecule has 1 N–H and O–H groups in total. The third kappa shape index (κ3) is 3.16. The predicted octanol–water partition coefficient (Wildman–Crippen LogP) is 3.26. The molecule has 3 heterocycles. The first-order valence-corrected chi connectivity index (χ1v) is 8.14. The SMILES string of the molecule is O=[N+]([O-])c1ccc(Nc2cnn(C[C@@H]3CCCO3)c2)c2ncccc12. The number of fused-ring (bicyclic) bond motifs is 1. The van der Waals surface area contributed by atoms with Crippen molar-refractivity contribution >= 4 is 28.0 Å². The second kappa shape index (κ2) is 6.48. The van der Waals surface area contributed by atoms with Crippen LogP contribution in [0.1, 0.15) is 12.8 Å². The van der Waals surface area contributed by atoms with Crippen LogP contribution in [0.5, 0.6) is 0 Å². The molecule has 0 bridgehead atoms. The second-order valence-corrected chi connectivity index (χ2v) is 6.00. The monoisotopic (exact) mass is 339 g/mol. The van der Waals surface area contributed by atoms with Crippen LogP contribution >= 0.6 is 0 Å². The van der Waals surface area contributed by atoms with Crippen molar-refractivity contribution in [1.82, 2.24) is 14.8 Å². The minimum absolute atomic E-state index is 0.0442. The molecule has 1 atom stereocenters. The summed E-state index contributed by atoms with van der Waals surface area (Å²) < 4.78 is 7.47. The van der Waals surface area contributed by atoms with Gasteiger partial charge in [0.1, 0.15) is 5.52 Å². The number of ether oxygens (including phenoxy) is 1. The third-order valence-corrected chi connectivity index (χ3v) is 4.27. The van der Waals surface area contributed by atoms with Crippen molar-refractivity contribution in [2.24, 2.45) is 0 Å². The molecule has 3 aromatic rings. The van der Waals surface area contributed by atoms with Crippen LogP contribution in [0.4, 0.5) is 17.1 Å². The number of nitrogens with zero attached hydrogens (tertiary/aromatic N) is 4. The summed E-state index contributed by atoms with van der Waals surface area (Å²) in [6.07, 6.45) is 7.62. The van der Waals surface area contributed by atoms with E-state index >= 15 is 0 Å². The number of nitrogens with one attached hydrogen (secondary N) is 1. The Bertz CT molecular complexity index is 918. The molecule has 8 heteroatoms. The van der Waals surface area contributed by atoms with E-state index in [1.807, 2.05) is 10.9 Å². The van der Waals surface area contributed by atoms with E-state index in [0.29, 0.717) is 16.6 Å².